The van der Waals surface area contributed by atoms with Crippen molar-refractivity contribution in [2.75, 3.05) is 13.6 Å². The van der Waals surface area contributed by atoms with Crippen molar-refractivity contribution in [1.29, 1.82) is 5.41 Å². The van der Waals surface area contributed by atoms with Crippen molar-refractivity contribution in [3.05, 3.63) is 11.4 Å². The van der Waals surface area contributed by atoms with Gasteiger partial charge in [-0.1, -0.05) is 0 Å². The average Bonchev–Trinajstić information content (AvgIpc) is 2.44. The molecule has 1 unspecified atom stereocenters. The van der Waals surface area contributed by atoms with Crippen molar-refractivity contribution in [3.63, 3.8) is 0 Å². The van der Waals surface area contributed by atoms with Gasteiger partial charge in [0.1, 0.15) is 5.82 Å². The Morgan fingerprint density at radius 2 is 2.12 bits per heavy atom. The molecule has 0 aromatic heterocycles. The first-order chi connectivity index (χ1) is 8.11. The lowest BCUT2D eigenvalue weighted by molar-refractivity contribution is -0.129. The Morgan fingerprint density at radius 3 is 2.82 bits per heavy atom. The summed E-state index contributed by atoms with van der Waals surface area (Å²) in [6, 6.07) is -0.427. The van der Waals surface area contributed by atoms with Crippen LogP contribution in [-0.2, 0) is 4.79 Å². The molecular weight excluding hydrogens is 216 g/mol. The second-order valence-electron chi connectivity index (χ2n) is 4.73. The molecule has 0 bridgehead atoms. The minimum Gasteiger partial charge on any atom is -0.371 e. The first-order valence-electron chi connectivity index (χ1n) is 6.19. The number of carbonyl (C=O) groups is 1. The molecule has 17 heavy (non-hydrogen) atoms. The number of nitrogens with two attached hydrogens (primary N) is 1. The number of amides is 1. The molecule has 1 heterocycles. The fraction of sp³-hybridized carbons (Fsp3) is 0.667. The van der Waals surface area contributed by atoms with Crippen LogP contribution in [0.15, 0.2) is 11.4 Å². The second kappa shape index (κ2) is 4.87. The molecule has 5 heteroatoms. The topological polar surface area (TPSA) is 82.2 Å². The van der Waals surface area contributed by atoms with Crippen LogP contribution in [0.2, 0.25) is 0 Å². The van der Waals surface area contributed by atoms with Gasteiger partial charge in [-0.3, -0.25) is 4.79 Å². The van der Waals surface area contributed by atoms with Gasteiger partial charge >= 0.3 is 0 Å². The van der Waals surface area contributed by atoms with Gasteiger partial charge in [-0.25, -0.2) is 0 Å². The molecule has 1 saturated heterocycles. The van der Waals surface area contributed by atoms with Gasteiger partial charge in [-0.15, -0.1) is 0 Å². The average molecular weight is 236 g/mol. The summed E-state index contributed by atoms with van der Waals surface area (Å²) in [7, 11) is 1.74. The van der Waals surface area contributed by atoms with E-state index in [4.69, 9.17) is 11.1 Å². The van der Waals surface area contributed by atoms with Gasteiger partial charge in [0.2, 0.25) is 5.91 Å². The Labute approximate surface area is 102 Å². The summed E-state index contributed by atoms with van der Waals surface area (Å²) < 4.78 is 0. The normalized spacial score (nSPS) is 31.2. The number of hydrogen-bond donors (Lipinski definition) is 3. The van der Waals surface area contributed by atoms with Crippen LogP contribution in [0.4, 0.5) is 0 Å². The molecule has 1 aliphatic carbocycles. The number of allylic oxidation sites excluding steroid dienone is 1. The van der Waals surface area contributed by atoms with E-state index < -0.39 is 6.04 Å². The van der Waals surface area contributed by atoms with Crippen LogP contribution in [-0.4, -0.2) is 36.2 Å². The SMILES string of the molecule is CN1C(=O)C(N)CCN/C1=C1/CCCCC1=N. The predicted molar refractivity (Wildman–Crippen MR) is 66.6 cm³/mol. The Balaban J connectivity index is 2.32. The highest BCUT2D eigenvalue weighted by Crippen LogP contribution is 2.24. The van der Waals surface area contributed by atoms with E-state index in [1.807, 2.05) is 0 Å². The Kier molecular flexibility index (Phi) is 3.47. The number of nitrogens with zero attached hydrogens (tertiary/aromatic N) is 1. The summed E-state index contributed by atoms with van der Waals surface area (Å²) in [6.07, 6.45) is 4.51. The Hall–Kier alpha value is -1.36. The first-order valence-corrected chi connectivity index (χ1v) is 6.19. The van der Waals surface area contributed by atoms with Crippen LogP contribution < -0.4 is 11.1 Å². The smallest absolute Gasteiger partial charge is 0.244 e. The highest BCUT2D eigenvalue weighted by Gasteiger charge is 2.27. The number of rotatable bonds is 0. The zero-order chi connectivity index (χ0) is 12.4. The lowest BCUT2D eigenvalue weighted by Crippen LogP contribution is -2.41. The van der Waals surface area contributed by atoms with Gasteiger partial charge < -0.3 is 21.4 Å². The zero-order valence-corrected chi connectivity index (χ0v) is 10.3. The fourth-order valence-corrected chi connectivity index (χ4v) is 2.42. The van der Waals surface area contributed by atoms with Gasteiger partial charge in [0.05, 0.1) is 6.04 Å². The third kappa shape index (κ3) is 2.34. The van der Waals surface area contributed by atoms with E-state index in [0.717, 1.165) is 37.1 Å². The van der Waals surface area contributed by atoms with Crippen molar-refractivity contribution in [2.45, 2.75) is 38.1 Å². The third-order valence-corrected chi connectivity index (χ3v) is 3.48. The molecule has 1 saturated carbocycles. The van der Waals surface area contributed by atoms with Gasteiger partial charge in [0, 0.05) is 24.9 Å². The number of likely N-dealkylation sites (N-methyl/N-ethyl adjacent to an activating group) is 1. The zero-order valence-electron chi connectivity index (χ0n) is 10.3. The summed E-state index contributed by atoms with van der Waals surface area (Å²) in [5, 5.41) is 11.2. The molecule has 2 rings (SSSR count). The standard InChI is InChI=1S/C12H20N4O/c1-16-11(8-4-2-3-5-9(8)13)15-7-6-10(14)12(16)17/h10,13,15H,2-7,14H2,1H3/b11-8+,13-9?. The van der Waals surface area contributed by atoms with Crippen LogP contribution in [0, 0.1) is 5.41 Å². The molecule has 0 aromatic carbocycles. The quantitative estimate of drug-likeness (QED) is 0.575. The van der Waals surface area contributed by atoms with Crippen molar-refractivity contribution < 1.29 is 4.79 Å². The van der Waals surface area contributed by atoms with Crippen molar-refractivity contribution in [2.24, 2.45) is 5.73 Å². The van der Waals surface area contributed by atoms with Crippen LogP contribution in [0.3, 0.4) is 0 Å². The maximum Gasteiger partial charge on any atom is 0.244 e. The molecule has 2 fully saturated rings. The summed E-state index contributed by atoms with van der Waals surface area (Å²) in [4.78, 5) is 13.6. The lowest BCUT2D eigenvalue weighted by Gasteiger charge is -2.26. The highest BCUT2D eigenvalue weighted by molar-refractivity contribution is 5.99. The summed E-state index contributed by atoms with van der Waals surface area (Å²) >= 11 is 0. The minimum absolute atomic E-state index is 0.0594. The van der Waals surface area contributed by atoms with Gasteiger partial charge in [-0.05, 0) is 32.1 Å². The van der Waals surface area contributed by atoms with E-state index in [-0.39, 0.29) is 5.91 Å². The van der Waals surface area contributed by atoms with E-state index >= 15 is 0 Å². The summed E-state index contributed by atoms with van der Waals surface area (Å²) in [6.45, 7) is 0.698. The molecule has 0 radical (unpaired) electrons. The van der Waals surface area contributed by atoms with Gasteiger partial charge in [0.15, 0.2) is 0 Å². The van der Waals surface area contributed by atoms with E-state index in [9.17, 15) is 4.79 Å². The maximum atomic E-state index is 12.0. The largest absolute Gasteiger partial charge is 0.371 e. The number of carbonyl (C=O) groups excluding carboxylic acids is 1. The molecule has 1 aliphatic heterocycles. The third-order valence-electron chi connectivity index (χ3n) is 3.48. The summed E-state index contributed by atoms with van der Waals surface area (Å²) in [5.41, 5.74) is 7.44. The molecule has 1 amide bonds. The Bertz CT molecular complexity index is 375. The molecule has 5 nitrogen and oxygen atoms in total. The van der Waals surface area contributed by atoms with E-state index in [2.05, 4.69) is 5.32 Å². The maximum absolute atomic E-state index is 12.0. The molecule has 0 aromatic rings. The highest BCUT2D eigenvalue weighted by atomic mass is 16.2. The van der Waals surface area contributed by atoms with Crippen molar-refractivity contribution in [3.8, 4) is 0 Å². The van der Waals surface area contributed by atoms with Crippen LogP contribution in [0.25, 0.3) is 0 Å². The summed E-state index contributed by atoms with van der Waals surface area (Å²) in [5.74, 6) is 0.739. The van der Waals surface area contributed by atoms with Gasteiger partial charge in [-0.2, -0.15) is 0 Å². The van der Waals surface area contributed by atoms with E-state index in [0.29, 0.717) is 18.7 Å². The van der Waals surface area contributed by atoms with Crippen molar-refractivity contribution in [1.82, 2.24) is 10.2 Å². The van der Waals surface area contributed by atoms with Crippen LogP contribution in [0.5, 0.6) is 0 Å². The second-order valence-corrected chi connectivity index (χ2v) is 4.73. The molecule has 94 valence electrons. The monoisotopic (exact) mass is 236 g/mol. The first kappa shape index (κ1) is 12.1. The van der Waals surface area contributed by atoms with E-state index in [1.54, 1.807) is 11.9 Å². The van der Waals surface area contributed by atoms with E-state index in [1.165, 1.54) is 0 Å². The lowest BCUT2D eigenvalue weighted by atomic mass is 9.92. The van der Waals surface area contributed by atoms with Crippen molar-refractivity contribution >= 4 is 11.6 Å². The minimum atomic E-state index is -0.427. The predicted octanol–water partition coefficient (Wildman–Crippen LogP) is 0.571. The Morgan fingerprint density at radius 1 is 1.41 bits per heavy atom. The molecular formula is C12H20N4O. The number of hydrogen-bond acceptors (Lipinski definition) is 4. The molecule has 1 atom stereocenters. The molecule has 2 aliphatic rings. The molecule has 4 N–H and O–H groups in total. The van der Waals surface area contributed by atoms with Crippen LogP contribution in [0.1, 0.15) is 32.1 Å². The number of nitrogens with one attached hydrogen (secondary N) is 2. The van der Waals surface area contributed by atoms with Gasteiger partial charge in [0.25, 0.3) is 0 Å². The molecule has 0 spiro atoms. The fourth-order valence-electron chi connectivity index (χ4n) is 2.42. The van der Waals surface area contributed by atoms with Crippen LogP contribution >= 0.6 is 0 Å².